The highest BCUT2D eigenvalue weighted by Gasteiger charge is 2.21. The van der Waals surface area contributed by atoms with E-state index in [1.807, 2.05) is 6.07 Å². The maximum atomic E-state index is 12.4. The van der Waals surface area contributed by atoms with Crippen LogP contribution in [0.15, 0.2) is 39.5 Å². The highest BCUT2D eigenvalue weighted by molar-refractivity contribution is 6.05. The fraction of sp³-hybridized carbons (Fsp3) is 0.286. The van der Waals surface area contributed by atoms with Gasteiger partial charge in [0.2, 0.25) is 5.91 Å². The quantitative estimate of drug-likeness (QED) is 0.385. The monoisotopic (exact) mass is 399 g/mol. The number of esters is 1. The topological polar surface area (TPSA) is 104 Å². The van der Waals surface area contributed by atoms with Gasteiger partial charge < -0.3 is 23.9 Å². The Bertz CT molecular complexity index is 1150. The predicted molar refractivity (Wildman–Crippen MR) is 106 cm³/mol. The number of carbonyl (C=O) groups is 2. The van der Waals surface area contributed by atoms with Crippen LogP contribution < -0.4 is 20.4 Å². The molecule has 1 atom stereocenters. The molecule has 0 saturated carbocycles. The first kappa shape index (κ1) is 20.2. The van der Waals surface area contributed by atoms with Gasteiger partial charge >= 0.3 is 11.6 Å². The van der Waals surface area contributed by atoms with Gasteiger partial charge in [-0.15, -0.1) is 0 Å². The van der Waals surface area contributed by atoms with Crippen molar-refractivity contribution >= 4 is 33.6 Å². The molecular weight excluding hydrogens is 378 g/mol. The Labute approximate surface area is 166 Å². The van der Waals surface area contributed by atoms with Gasteiger partial charge in [0.25, 0.3) is 0 Å². The molecule has 0 fully saturated rings. The Morgan fingerprint density at radius 1 is 1.00 bits per heavy atom. The second-order valence-electron chi connectivity index (χ2n) is 6.45. The van der Waals surface area contributed by atoms with Crippen LogP contribution in [-0.4, -0.2) is 39.2 Å². The van der Waals surface area contributed by atoms with Crippen LogP contribution in [0.1, 0.15) is 12.5 Å². The van der Waals surface area contributed by atoms with Crippen LogP contribution in [0, 0.1) is 0 Å². The molecule has 1 unspecified atom stereocenters. The number of ether oxygens (including phenoxy) is 3. The normalized spacial score (nSPS) is 11.9. The average molecular weight is 399 g/mol. The first-order chi connectivity index (χ1) is 13.9. The first-order valence-electron chi connectivity index (χ1n) is 8.84. The van der Waals surface area contributed by atoms with Gasteiger partial charge in [0.15, 0.2) is 11.5 Å². The minimum Gasteiger partial charge on any atom is -0.493 e. The fourth-order valence-electron chi connectivity index (χ4n) is 3.25. The van der Waals surface area contributed by atoms with Gasteiger partial charge in [-0.25, -0.2) is 9.59 Å². The fourth-order valence-corrected chi connectivity index (χ4v) is 3.25. The van der Waals surface area contributed by atoms with Crippen molar-refractivity contribution in [2.45, 2.75) is 19.4 Å². The average Bonchev–Trinajstić information content (AvgIpc) is 2.71. The molecule has 3 aromatic rings. The Kier molecular flexibility index (Phi) is 5.72. The summed E-state index contributed by atoms with van der Waals surface area (Å²) in [4.78, 5) is 35.8. The maximum absolute atomic E-state index is 12.4. The number of hydrogen-bond acceptors (Lipinski definition) is 7. The van der Waals surface area contributed by atoms with E-state index in [0.29, 0.717) is 33.2 Å². The van der Waals surface area contributed by atoms with Crippen molar-refractivity contribution in [2.75, 3.05) is 21.3 Å². The van der Waals surface area contributed by atoms with Gasteiger partial charge in [-0.3, -0.25) is 4.79 Å². The molecule has 29 heavy (non-hydrogen) atoms. The van der Waals surface area contributed by atoms with Gasteiger partial charge in [-0.2, -0.15) is 0 Å². The molecule has 0 aliphatic carbocycles. The maximum Gasteiger partial charge on any atom is 0.344 e. The van der Waals surface area contributed by atoms with Gasteiger partial charge in [0.05, 0.1) is 26.7 Å². The Morgan fingerprint density at radius 2 is 1.66 bits per heavy atom. The first-order valence-corrected chi connectivity index (χ1v) is 8.84. The largest absolute Gasteiger partial charge is 0.493 e. The molecule has 0 bridgehead atoms. The number of fused-ring (bicyclic) bond motifs is 3. The van der Waals surface area contributed by atoms with Gasteiger partial charge in [0, 0.05) is 24.1 Å². The molecule has 0 aliphatic heterocycles. The molecule has 0 saturated heterocycles. The Morgan fingerprint density at radius 3 is 2.24 bits per heavy atom. The van der Waals surface area contributed by atoms with E-state index in [4.69, 9.17) is 18.6 Å². The van der Waals surface area contributed by atoms with Gasteiger partial charge in [-0.1, -0.05) is 6.07 Å². The third kappa shape index (κ3) is 4.01. The smallest absolute Gasteiger partial charge is 0.344 e. The van der Waals surface area contributed by atoms with E-state index in [9.17, 15) is 14.4 Å². The number of benzene rings is 2. The lowest BCUT2D eigenvalue weighted by atomic mass is 10.0. The molecule has 8 heteroatoms. The Hall–Kier alpha value is -3.55. The zero-order valence-corrected chi connectivity index (χ0v) is 16.5. The zero-order chi connectivity index (χ0) is 21.1. The number of rotatable bonds is 6. The van der Waals surface area contributed by atoms with Crippen molar-refractivity contribution in [1.29, 1.82) is 0 Å². The highest BCUT2D eigenvalue weighted by Crippen LogP contribution is 2.34. The summed E-state index contributed by atoms with van der Waals surface area (Å²) in [6.45, 7) is 1.33. The van der Waals surface area contributed by atoms with Crippen LogP contribution in [0.4, 0.5) is 0 Å². The molecule has 1 heterocycles. The number of amides is 1. The van der Waals surface area contributed by atoms with Crippen molar-refractivity contribution in [1.82, 2.24) is 5.32 Å². The van der Waals surface area contributed by atoms with Crippen molar-refractivity contribution in [3.8, 4) is 11.5 Å². The van der Waals surface area contributed by atoms with E-state index in [2.05, 4.69) is 5.32 Å². The van der Waals surface area contributed by atoms with Gasteiger partial charge in [0.1, 0.15) is 11.6 Å². The SMILES string of the molecule is COC(=O)C(Cc1ccc2oc(=O)c3cc(OC)c(OC)cc3c2c1)NC(C)=O. The molecule has 152 valence electrons. The minimum atomic E-state index is -0.827. The van der Waals surface area contributed by atoms with Crippen LogP contribution in [0.2, 0.25) is 0 Å². The molecule has 8 nitrogen and oxygen atoms in total. The number of nitrogens with one attached hydrogen (secondary N) is 1. The standard InChI is InChI=1S/C21H21NO7/c1-11(23)22-16(21(25)28-4)8-12-5-6-17-14(7-12)13-9-18(26-2)19(27-3)10-15(13)20(24)29-17/h5-7,9-10,16H,8H2,1-4H3,(H,22,23). The van der Waals surface area contributed by atoms with Crippen LogP contribution >= 0.6 is 0 Å². The summed E-state index contributed by atoms with van der Waals surface area (Å²) in [5.74, 6) is 0.00725. The van der Waals surface area contributed by atoms with Crippen molar-refractivity contribution in [3.63, 3.8) is 0 Å². The van der Waals surface area contributed by atoms with Crippen LogP contribution in [0.3, 0.4) is 0 Å². The number of hydrogen-bond donors (Lipinski definition) is 1. The molecular formula is C21H21NO7. The third-order valence-corrected chi connectivity index (χ3v) is 4.58. The molecule has 1 amide bonds. The Balaban J connectivity index is 2.16. The lowest BCUT2D eigenvalue weighted by Gasteiger charge is -2.16. The second kappa shape index (κ2) is 8.22. The summed E-state index contributed by atoms with van der Waals surface area (Å²) in [6.07, 6.45) is 0.218. The zero-order valence-electron chi connectivity index (χ0n) is 16.5. The molecule has 0 aliphatic rings. The number of methoxy groups -OCH3 is 3. The highest BCUT2D eigenvalue weighted by atomic mass is 16.5. The van der Waals surface area contributed by atoms with Crippen molar-refractivity contribution in [2.24, 2.45) is 0 Å². The van der Waals surface area contributed by atoms with E-state index in [1.165, 1.54) is 28.3 Å². The summed E-state index contributed by atoms with van der Waals surface area (Å²) in [5.41, 5.74) is 0.658. The molecule has 0 radical (unpaired) electrons. The second-order valence-corrected chi connectivity index (χ2v) is 6.45. The summed E-state index contributed by atoms with van der Waals surface area (Å²) in [5, 5.41) is 4.23. The van der Waals surface area contributed by atoms with Crippen LogP contribution in [0.5, 0.6) is 11.5 Å². The molecule has 1 aromatic heterocycles. The van der Waals surface area contributed by atoms with Crippen LogP contribution in [-0.2, 0) is 20.7 Å². The summed E-state index contributed by atoms with van der Waals surface area (Å²) >= 11 is 0. The minimum absolute atomic E-state index is 0.218. The van der Waals surface area contributed by atoms with Crippen molar-refractivity contribution in [3.05, 3.63) is 46.3 Å². The molecule has 2 aromatic carbocycles. The van der Waals surface area contributed by atoms with Gasteiger partial charge in [-0.05, 0) is 29.8 Å². The van der Waals surface area contributed by atoms with Crippen LogP contribution in [0.25, 0.3) is 21.7 Å². The van der Waals surface area contributed by atoms with E-state index in [0.717, 1.165) is 5.56 Å². The van der Waals surface area contributed by atoms with E-state index in [-0.39, 0.29) is 12.3 Å². The summed E-state index contributed by atoms with van der Waals surface area (Å²) in [7, 11) is 4.26. The van der Waals surface area contributed by atoms with E-state index in [1.54, 1.807) is 24.3 Å². The summed E-state index contributed by atoms with van der Waals surface area (Å²) < 4.78 is 20.8. The third-order valence-electron chi connectivity index (χ3n) is 4.58. The number of carbonyl (C=O) groups excluding carboxylic acids is 2. The summed E-state index contributed by atoms with van der Waals surface area (Å²) in [6, 6.07) is 7.65. The molecule has 3 rings (SSSR count). The molecule has 1 N–H and O–H groups in total. The lowest BCUT2D eigenvalue weighted by Crippen LogP contribution is -2.41. The molecule has 0 spiro atoms. The van der Waals surface area contributed by atoms with E-state index < -0.39 is 17.6 Å². The van der Waals surface area contributed by atoms with E-state index >= 15 is 0 Å². The predicted octanol–water partition coefficient (Wildman–Crippen LogP) is 2.18. The lowest BCUT2D eigenvalue weighted by molar-refractivity contribution is -0.144. The van der Waals surface area contributed by atoms with Crippen molar-refractivity contribution < 1.29 is 28.2 Å².